The van der Waals surface area contributed by atoms with Crippen LogP contribution < -0.4 is 16.4 Å². The van der Waals surface area contributed by atoms with Crippen LogP contribution in [0, 0.1) is 10.1 Å². The van der Waals surface area contributed by atoms with Crippen molar-refractivity contribution in [2.45, 2.75) is 6.54 Å². The number of rotatable bonds is 9. The van der Waals surface area contributed by atoms with Crippen molar-refractivity contribution < 1.29 is 9.66 Å². The molecule has 14 heteroatoms. The van der Waals surface area contributed by atoms with Gasteiger partial charge in [-0.2, -0.15) is 0 Å². The summed E-state index contributed by atoms with van der Waals surface area (Å²) >= 11 is 12.6. The number of halogens is 2. The van der Waals surface area contributed by atoms with E-state index < -0.39 is 4.92 Å². The lowest BCUT2D eigenvalue weighted by Crippen LogP contribution is -2.35. The highest BCUT2D eigenvalue weighted by Crippen LogP contribution is 2.31. The Bertz CT molecular complexity index is 1470. The number of morpholine rings is 1. The number of hydrogen-bond acceptors (Lipinski definition) is 10. The molecule has 4 N–H and O–H groups in total. The van der Waals surface area contributed by atoms with Gasteiger partial charge in [0.15, 0.2) is 0 Å². The number of nitro groups is 1. The fraction of sp³-hybridized carbons (Fsp3) is 0.292. The van der Waals surface area contributed by atoms with Crippen LogP contribution in [0.5, 0.6) is 0 Å². The minimum absolute atomic E-state index is 0.143. The molecule has 0 amide bonds. The van der Waals surface area contributed by atoms with Crippen molar-refractivity contribution in [1.82, 2.24) is 24.3 Å². The Morgan fingerprint density at radius 3 is 2.58 bits per heavy atom. The van der Waals surface area contributed by atoms with E-state index in [4.69, 9.17) is 43.6 Å². The monoisotopic (exact) mass is 557 g/mol. The molecule has 0 saturated carbocycles. The van der Waals surface area contributed by atoms with Crippen molar-refractivity contribution in [3.05, 3.63) is 68.4 Å². The van der Waals surface area contributed by atoms with Gasteiger partial charge in [-0.3, -0.25) is 19.4 Å². The molecule has 38 heavy (non-hydrogen) atoms. The molecule has 0 unspecified atom stereocenters. The van der Waals surface area contributed by atoms with Crippen molar-refractivity contribution in [3.8, 4) is 11.3 Å². The molecule has 5 rings (SSSR count). The van der Waals surface area contributed by atoms with Crippen molar-refractivity contribution >= 4 is 52.1 Å². The van der Waals surface area contributed by atoms with Gasteiger partial charge in [0.25, 0.3) is 0 Å². The molecule has 1 aromatic carbocycles. The second kappa shape index (κ2) is 11.4. The van der Waals surface area contributed by atoms with Gasteiger partial charge in [0.2, 0.25) is 11.8 Å². The predicted octanol–water partition coefficient (Wildman–Crippen LogP) is 3.94. The number of anilines is 3. The number of imidazole rings is 1. The fourth-order valence-corrected chi connectivity index (χ4v) is 4.65. The van der Waals surface area contributed by atoms with E-state index in [9.17, 15) is 10.1 Å². The number of benzene rings is 1. The highest BCUT2D eigenvalue weighted by molar-refractivity contribution is 6.36. The van der Waals surface area contributed by atoms with Crippen LogP contribution >= 0.6 is 23.2 Å². The smallest absolute Gasteiger partial charge is 0.311 e. The van der Waals surface area contributed by atoms with Crippen molar-refractivity contribution in [2.75, 3.05) is 55.8 Å². The summed E-state index contributed by atoms with van der Waals surface area (Å²) in [6.07, 6.45) is 1.97. The molecular weight excluding hydrogens is 533 g/mol. The van der Waals surface area contributed by atoms with Crippen LogP contribution in [0.1, 0.15) is 5.69 Å². The number of nitrogens with one attached hydrogen (secondary N) is 2. The average molecular weight is 558 g/mol. The summed E-state index contributed by atoms with van der Waals surface area (Å²) in [6, 6.07) is 10.0. The lowest BCUT2D eigenvalue weighted by Gasteiger charge is -2.25. The van der Waals surface area contributed by atoms with Gasteiger partial charge in [-0.05, 0) is 24.3 Å². The molecule has 3 aromatic heterocycles. The zero-order valence-electron chi connectivity index (χ0n) is 20.2. The first-order valence-corrected chi connectivity index (χ1v) is 12.7. The first kappa shape index (κ1) is 25.9. The van der Waals surface area contributed by atoms with Gasteiger partial charge in [-0.15, -0.1) is 0 Å². The molecular formula is C24H25Cl2N9O3. The SMILES string of the molecule is Nc1nc(NCCNc2nc(-c3ccc(Cl)cc3Cl)cc3nc(CN4CCOCC4)cn23)ccc1[N+](=O)[O-]. The Balaban J connectivity index is 1.37. The summed E-state index contributed by atoms with van der Waals surface area (Å²) in [5.41, 5.74) is 8.49. The first-order chi connectivity index (χ1) is 18.4. The summed E-state index contributed by atoms with van der Waals surface area (Å²) in [5.74, 6) is 0.877. The number of nitrogen functional groups attached to an aromatic ring is 1. The van der Waals surface area contributed by atoms with Crippen LogP contribution in [0.25, 0.3) is 16.9 Å². The van der Waals surface area contributed by atoms with E-state index in [0.717, 1.165) is 30.0 Å². The lowest BCUT2D eigenvalue weighted by atomic mass is 10.1. The zero-order valence-corrected chi connectivity index (χ0v) is 21.7. The molecule has 12 nitrogen and oxygen atoms in total. The number of ether oxygens (including phenoxy) is 1. The van der Waals surface area contributed by atoms with Gasteiger partial charge in [-0.25, -0.2) is 15.0 Å². The summed E-state index contributed by atoms with van der Waals surface area (Å²) in [4.78, 5) is 26.4. The van der Waals surface area contributed by atoms with E-state index in [2.05, 4.69) is 20.5 Å². The molecule has 0 spiro atoms. The molecule has 1 aliphatic heterocycles. The van der Waals surface area contributed by atoms with Crippen LogP contribution in [0.4, 0.5) is 23.3 Å². The van der Waals surface area contributed by atoms with Crippen molar-refractivity contribution in [2.24, 2.45) is 0 Å². The second-order valence-corrected chi connectivity index (χ2v) is 9.49. The normalized spacial score (nSPS) is 14.1. The molecule has 1 fully saturated rings. The third kappa shape index (κ3) is 5.89. The Hall–Kier alpha value is -3.71. The first-order valence-electron chi connectivity index (χ1n) is 11.9. The second-order valence-electron chi connectivity index (χ2n) is 8.65. The fourth-order valence-electron chi connectivity index (χ4n) is 4.15. The molecule has 4 aromatic rings. The highest BCUT2D eigenvalue weighted by atomic mass is 35.5. The Morgan fingerprint density at radius 1 is 1.05 bits per heavy atom. The number of nitrogens with zero attached hydrogens (tertiary/aromatic N) is 6. The number of fused-ring (bicyclic) bond motifs is 1. The molecule has 4 heterocycles. The van der Waals surface area contributed by atoms with Crippen LogP contribution in [-0.4, -0.2) is 68.6 Å². The number of aromatic nitrogens is 4. The molecule has 0 bridgehead atoms. The third-order valence-electron chi connectivity index (χ3n) is 6.01. The molecule has 1 saturated heterocycles. The molecule has 1 aliphatic rings. The van der Waals surface area contributed by atoms with Gasteiger partial charge in [-0.1, -0.05) is 23.2 Å². The van der Waals surface area contributed by atoms with Gasteiger partial charge < -0.3 is 21.1 Å². The van der Waals surface area contributed by atoms with Crippen LogP contribution in [-0.2, 0) is 11.3 Å². The molecule has 198 valence electrons. The van der Waals surface area contributed by atoms with Crippen LogP contribution in [0.2, 0.25) is 10.0 Å². The number of pyridine rings is 1. The number of hydrogen-bond donors (Lipinski definition) is 3. The van der Waals surface area contributed by atoms with Gasteiger partial charge >= 0.3 is 5.69 Å². The maximum absolute atomic E-state index is 11.0. The standard InChI is InChI=1S/C24H25Cl2N9O3/c25-15-1-2-17(18(26)11-15)19-12-22-30-16(13-33-7-9-38-10-8-33)14-34(22)24(31-19)29-6-5-28-21-4-3-20(35(36)37)23(27)32-21/h1-4,11-12,14H,5-10,13H2,(H,29,31)(H3,27,28,32). The Morgan fingerprint density at radius 2 is 1.84 bits per heavy atom. The summed E-state index contributed by atoms with van der Waals surface area (Å²) in [5, 5.41) is 18.4. The maximum atomic E-state index is 11.0. The predicted molar refractivity (Wildman–Crippen MR) is 147 cm³/mol. The highest BCUT2D eigenvalue weighted by Gasteiger charge is 2.17. The van der Waals surface area contributed by atoms with Crippen molar-refractivity contribution in [3.63, 3.8) is 0 Å². The van der Waals surface area contributed by atoms with Gasteiger partial charge in [0.05, 0.1) is 34.5 Å². The lowest BCUT2D eigenvalue weighted by molar-refractivity contribution is -0.384. The van der Waals surface area contributed by atoms with E-state index >= 15 is 0 Å². The van der Waals surface area contributed by atoms with Gasteiger partial charge in [0.1, 0.15) is 11.5 Å². The number of nitrogens with two attached hydrogens (primary N) is 1. The van der Waals surface area contributed by atoms with Crippen molar-refractivity contribution in [1.29, 1.82) is 0 Å². The molecule has 0 radical (unpaired) electrons. The zero-order chi connectivity index (χ0) is 26.6. The Labute approximate surface area is 227 Å². The largest absolute Gasteiger partial charge is 0.379 e. The quantitative estimate of drug-likeness (QED) is 0.157. The van der Waals surface area contributed by atoms with E-state index in [0.29, 0.717) is 60.4 Å². The van der Waals surface area contributed by atoms with E-state index in [1.165, 1.54) is 12.1 Å². The maximum Gasteiger partial charge on any atom is 0.311 e. The summed E-state index contributed by atoms with van der Waals surface area (Å²) in [6.45, 7) is 4.76. The summed E-state index contributed by atoms with van der Waals surface area (Å²) < 4.78 is 7.36. The van der Waals surface area contributed by atoms with Crippen LogP contribution in [0.15, 0.2) is 42.6 Å². The van der Waals surface area contributed by atoms with E-state index in [1.807, 2.05) is 22.7 Å². The minimum Gasteiger partial charge on any atom is -0.379 e. The van der Waals surface area contributed by atoms with Gasteiger partial charge in [0, 0.05) is 61.6 Å². The molecule has 0 aliphatic carbocycles. The summed E-state index contributed by atoms with van der Waals surface area (Å²) in [7, 11) is 0. The molecule has 0 atom stereocenters. The average Bonchev–Trinajstić information content (AvgIpc) is 3.29. The minimum atomic E-state index is -0.567. The van der Waals surface area contributed by atoms with E-state index in [1.54, 1.807) is 12.1 Å². The topological polar surface area (TPSA) is 149 Å². The third-order valence-corrected chi connectivity index (χ3v) is 6.56. The Kier molecular flexibility index (Phi) is 7.74. The van der Waals surface area contributed by atoms with Crippen LogP contribution in [0.3, 0.4) is 0 Å². The van der Waals surface area contributed by atoms with E-state index in [-0.39, 0.29) is 11.5 Å².